The predicted octanol–water partition coefficient (Wildman–Crippen LogP) is 2.83. The van der Waals surface area contributed by atoms with Crippen LogP contribution in [0.15, 0.2) is 54.4 Å². The second-order valence-electron chi connectivity index (χ2n) is 8.67. The Kier molecular flexibility index (Phi) is 5.81. The van der Waals surface area contributed by atoms with E-state index in [1.807, 2.05) is 12.3 Å². The molecule has 0 spiro atoms. The van der Waals surface area contributed by atoms with Crippen LogP contribution in [0.25, 0.3) is 0 Å². The van der Waals surface area contributed by atoms with Gasteiger partial charge in [-0.3, -0.25) is 14.4 Å². The lowest BCUT2D eigenvalue weighted by Crippen LogP contribution is -2.51. The standard InChI is InChI=1S/C23H31N5O/c1-18(2)10-13-28-20-8-9-21(28)23(17-20,16-19-6-4-3-5-7-19)22(29)24-11-14-27-15-12-25-26-27/h3-7,10,12,15,20-21H,8-9,11,13-14,16-17H2,1-2H3,(H,24,29)/t20-,21+,23+/m0/s1. The first-order valence-corrected chi connectivity index (χ1v) is 10.6. The molecular formula is C23H31N5O. The third-order valence-electron chi connectivity index (χ3n) is 6.50. The maximum absolute atomic E-state index is 13.6. The van der Waals surface area contributed by atoms with Gasteiger partial charge in [0.05, 0.1) is 18.2 Å². The van der Waals surface area contributed by atoms with Crippen molar-refractivity contribution in [2.75, 3.05) is 13.1 Å². The van der Waals surface area contributed by atoms with Gasteiger partial charge in [0.15, 0.2) is 0 Å². The molecule has 1 amide bonds. The molecule has 0 unspecified atom stereocenters. The van der Waals surface area contributed by atoms with Gasteiger partial charge >= 0.3 is 0 Å². The smallest absolute Gasteiger partial charge is 0.228 e. The van der Waals surface area contributed by atoms with Crippen molar-refractivity contribution in [3.8, 4) is 0 Å². The Balaban J connectivity index is 1.53. The predicted molar refractivity (Wildman–Crippen MR) is 113 cm³/mol. The average Bonchev–Trinajstić information content (AvgIpc) is 3.43. The number of aromatic nitrogens is 3. The van der Waals surface area contributed by atoms with Crippen LogP contribution in [0.3, 0.4) is 0 Å². The van der Waals surface area contributed by atoms with E-state index in [-0.39, 0.29) is 11.3 Å². The summed E-state index contributed by atoms with van der Waals surface area (Å²) in [5.74, 6) is 0.191. The number of allylic oxidation sites excluding steroid dienone is 1. The molecule has 3 heterocycles. The lowest BCUT2D eigenvalue weighted by atomic mass is 9.69. The van der Waals surface area contributed by atoms with E-state index in [1.165, 1.54) is 17.6 Å². The summed E-state index contributed by atoms with van der Waals surface area (Å²) in [7, 11) is 0. The molecule has 2 aromatic rings. The lowest BCUT2D eigenvalue weighted by Gasteiger charge is -2.36. The minimum atomic E-state index is -0.359. The molecule has 0 saturated carbocycles. The van der Waals surface area contributed by atoms with Crippen molar-refractivity contribution in [1.82, 2.24) is 25.2 Å². The highest BCUT2D eigenvalue weighted by atomic mass is 16.2. The third kappa shape index (κ3) is 4.13. The molecule has 2 bridgehead atoms. The summed E-state index contributed by atoms with van der Waals surface area (Å²) < 4.78 is 1.76. The quantitative estimate of drug-likeness (QED) is 0.701. The van der Waals surface area contributed by atoms with Crippen LogP contribution in [0.1, 0.15) is 38.7 Å². The van der Waals surface area contributed by atoms with E-state index in [4.69, 9.17) is 0 Å². The normalized spacial score (nSPS) is 25.9. The van der Waals surface area contributed by atoms with E-state index in [0.29, 0.717) is 25.2 Å². The van der Waals surface area contributed by atoms with Gasteiger partial charge in [-0.2, -0.15) is 0 Å². The van der Waals surface area contributed by atoms with Crippen molar-refractivity contribution in [1.29, 1.82) is 0 Å². The minimum Gasteiger partial charge on any atom is -0.354 e. The van der Waals surface area contributed by atoms with Crippen molar-refractivity contribution in [2.24, 2.45) is 5.41 Å². The van der Waals surface area contributed by atoms with Crippen molar-refractivity contribution < 1.29 is 4.79 Å². The molecule has 3 atom stereocenters. The number of rotatable bonds is 8. The number of amides is 1. The molecule has 1 aromatic carbocycles. The van der Waals surface area contributed by atoms with Crippen LogP contribution in [-0.4, -0.2) is 51.0 Å². The van der Waals surface area contributed by atoms with Crippen LogP contribution in [-0.2, 0) is 17.8 Å². The molecule has 0 radical (unpaired) electrons. The van der Waals surface area contributed by atoms with Gasteiger partial charge in [-0.25, -0.2) is 0 Å². The maximum Gasteiger partial charge on any atom is 0.228 e. The molecular weight excluding hydrogens is 362 g/mol. The summed E-state index contributed by atoms with van der Waals surface area (Å²) in [6.07, 6.45) is 9.83. The molecule has 2 aliphatic rings. The second-order valence-corrected chi connectivity index (χ2v) is 8.67. The first-order chi connectivity index (χ1) is 14.1. The highest BCUT2D eigenvalue weighted by Crippen LogP contribution is 2.51. The maximum atomic E-state index is 13.6. The Morgan fingerprint density at radius 1 is 1.28 bits per heavy atom. The van der Waals surface area contributed by atoms with Gasteiger partial charge in [0.25, 0.3) is 0 Å². The number of benzene rings is 1. The Morgan fingerprint density at radius 2 is 2.10 bits per heavy atom. The molecule has 1 N–H and O–H groups in total. The molecule has 4 rings (SSSR count). The highest BCUT2D eigenvalue weighted by molar-refractivity contribution is 5.84. The van der Waals surface area contributed by atoms with Crippen LogP contribution in [0, 0.1) is 5.41 Å². The molecule has 6 nitrogen and oxygen atoms in total. The van der Waals surface area contributed by atoms with Gasteiger partial charge in [-0.15, -0.1) is 5.10 Å². The number of hydrogen-bond donors (Lipinski definition) is 1. The lowest BCUT2D eigenvalue weighted by molar-refractivity contribution is -0.133. The number of nitrogens with one attached hydrogen (secondary N) is 1. The Morgan fingerprint density at radius 3 is 2.83 bits per heavy atom. The summed E-state index contributed by atoms with van der Waals surface area (Å²) >= 11 is 0. The van der Waals surface area contributed by atoms with Crippen molar-refractivity contribution >= 4 is 5.91 Å². The van der Waals surface area contributed by atoms with Crippen LogP contribution >= 0.6 is 0 Å². The van der Waals surface area contributed by atoms with Gasteiger partial charge in [0.2, 0.25) is 5.91 Å². The fraction of sp³-hybridized carbons (Fsp3) is 0.522. The molecule has 0 aliphatic carbocycles. The number of nitrogens with zero attached hydrogens (tertiary/aromatic N) is 4. The Labute approximate surface area is 173 Å². The van der Waals surface area contributed by atoms with E-state index in [1.54, 1.807) is 10.9 Å². The molecule has 154 valence electrons. The highest BCUT2D eigenvalue weighted by Gasteiger charge is 2.59. The van der Waals surface area contributed by atoms with E-state index in [9.17, 15) is 4.79 Å². The Bertz CT molecular complexity index is 843. The summed E-state index contributed by atoms with van der Waals surface area (Å²) in [4.78, 5) is 16.2. The average molecular weight is 394 g/mol. The first kappa shape index (κ1) is 19.8. The first-order valence-electron chi connectivity index (χ1n) is 10.6. The summed E-state index contributed by atoms with van der Waals surface area (Å²) in [5.41, 5.74) is 2.22. The van der Waals surface area contributed by atoms with Gasteiger partial charge in [0.1, 0.15) is 0 Å². The number of fused-ring (bicyclic) bond motifs is 2. The topological polar surface area (TPSA) is 63.1 Å². The van der Waals surface area contributed by atoms with Crippen LogP contribution in [0.5, 0.6) is 0 Å². The van der Waals surface area contributed by atoms with Crippen LogP contribution < -0.4 is 5.32 Å². The van der Waals surface area contributed by atoms with E-state index in [0.717, 1.165) is 25.8 Å². The van der Waals surface area contributed by atoms with E-state index >= 15 is 0 Å². The fourth-order valence-corrected chi connectivity index (χ4v) is 5.16. The van der Waals surface area contributed by atoms with Crippen molar-refractivity contribution in [3.05, 3.63) is 59.9 Å². The molecule has 29 heavy (non-hydrogen) atoms. The zero-order chi connectivity index (χ0) is 20.3. The summed E-state index contributed by atoms with van der Waals surface area (Å²) in [6.45, 7) is 6.45. The largest absolute Gasteiger partial charge is 0.354 e. The number of carbonyl (C=O) groups is 1. The molecule has 6 heteroatoms. The van der Waals surface area contributed by atoms with Crippen LogP contribution in [0.4, 0.5) is 0 Å². The van der Waals surface area contributed by atoms with Gasteiger partial charge < -0.3 is 5.32 Å². The zero-order valence-corrected chi connectivity index (χ0v) is 17.4. The van der Waals surface area contributed by atoms with Gasteiger partial charge in [0, 0.05) is 31.4 Å². The van der Waals surface area contributed by atoms with Crippen molar-refractivity contribution in [2.45, 2.75) is 58.2 Å². The molecule has 2 saturated heterocycles. The van der Waals surface area contributed by atoms with Gasteiger partial charge in [-0.05, 0) is 45.1 Å². The zero-order valence-electron chi connectivity index (χ0n) is 17.4. The molecule has 2 fully saturated rings. The number of hydrogen-bond acceptors (Lipinski definition) is 4. The third-order valence-corrected chi connectivity index (χ3v) is 6.50. The molecule has 1 aromatic heterocycles. The number of carbonyl (C=O) groups excluding carboxylic acids is 1. The van der Waals surface area contributed by atoms with Crippen LogP contribution in [0.2, 0.25) is 0 Å². The fourth-order valence-electron chi connectivity index (χ4n) is 5.16. The Hall–Kier alpha value is -2.47. The summed E-state index contributed by atoms with van der Waals surface area (Å²) in [5, 5.41) is 11.0. The molecule has 2 aliphatic heterocycles. The summed E-state index contributed by atoms with van der Waals surface area (Å²) in [6, 6.07) is 11.3. The second kappa shape index (κ2) is 8.49. The monoisotopic (exact) mass is 393 g/mol. The minimum absolute atomic E-state index is 0.191. The van der Waals surface area contributed by atoms with E-state index in [2.05, 4.69) is 64.7 Å². The van der Waals surface area contributed by atoms with E-state index < -0.39 is 0 Å². The SMILES string of the molecule is CC(C)=CCN1[C@H]2CC[C@@H]1[C@](Cc1ccccc1)(C(=O)NCCn1ccnn1)C2. The van der Waals surface area contributed by atoms with Gasteiger partial charge in [-0.1, -0.05) is 47.2 Å². The van der Waals surface area contributed by atoms with Crippen molar-refractivity contribution in [3.63, 3.8) is 0 Å².